The quantitative estimate of drug-likeness (QED) is 0.742. The summed E-state index contributed by atoms with van der Waals surface area (Å²) in [6, 6.07) is 15.0. The first-order chi connectivity index (χ1) is 11.5. The van der Waals surface area contributed by atoms with Crippen LogP contribution in [0.5, 0.6) is 5.75 Å². The molecule has 0 aliphatic carbocycles. The summed E-state index contributed by atoms with van der Waals surface area (Å²) in [5.41, 5.74) is 1.81. The molecule has 0 saturated heterocycles. The van der Waals surface area contributed by atoms with Gasteiger partial charge in [-0.15, -0.1) is 0 Å². The van der Waals surface area contributed by atoms with E-state index in [9.17, 15) is 13.2 Å². The van der Waals surface area contributed by atoms with Crippen molar-refractivity contribution in [2.24, 2.45) is 0 Å². The van der Waals surface area contributed by atoms with E-state index in [0.29, 0.717) is 22.0 Å². The maximum absolute atomic E-state index is 12.8. The molecule has 0 fully saturated rings. The fourth-order valence-electron chi connectivity index (χ4n) is 2.89. The topological polar surface area (TPSA) is 72.5 Å². The fraction of sp³-hybridized carbons (Fsp3) is 0.0556. The molecule has 1 N–H and O–H groups in total. The van der Waals surface area contributed by atoms with Gasteiger partial charge in [0.05, 0.1) is 0 Å². The summed E-state index contributed by atoms with van der Waals surface area (Å²) in [7, 11) is -4.02. The maximum Gasteiger partial charge on any atom is 0.339 e. The molecule has 0 aromatic heterocycles. The van der Waals surface area contributed by atoms with Crippen LogP contribution in [0.3, 0.4) is 0 Å². The summed E-state index contributed by atoms with van der Waals surface area (Å²) in [5, 5.41) is 3.81. The predicted molar refractivity (Wildman–Crippen MR) is 90.9 cm³/mol. The van der Waals surface area contributed by atoms with Crippen LogP contribution < -0.4 is 9.50 Å². The van der Waals surface area contributed by atoms with Crippen molar-refractivity contribution in [1.82, 2.24) is 0 Å². The number of hydrogen-bond acceptors (Lipinski definition) is 4. The molecule has 0 atom stereocenters. The fourth-order valence-corrected chi connectivity index (χ4v) is 4.08. The van der Waals surface area contributed by atoms with Crippen molar-refractivity contribution < 1.29 is 17.4 Å². The lowest BCUT2D eigenvalue weighted by molar-refractivity contribution is 0.103. The summed E-state index contributed by atoms with van der Waals surface area (Å²) in [4.78, 5) is 12.0. The normalized spacial score (nSPS) is 13.1. The Hall–Kier alpha value is -2.86. The first kappa shape index (κ1) is 14.7. The Morgan fingerprint density at radius 3 is 2.54 bits per heavy atom. The standard InChI is InChI=1S/C18H13NO4S/c1-11-5-2-3-8-15(11)23-24(21,22)16-10-9-14-17-12(16)6-4-7-13(17)18(20)19-14/h2-10H,1H3,(H,19,20). The minimum Gasteiger partial charge on any atom is -0.379 e. The Kier molecular flexibility index (Phi) is 3.11. The van der Waals surface area contributed by atoms with Gasteiger partial charge in [0, 0.05) is 22.0 Å². The van der Waals surface area contributed by atoms with E-state index in [0.717, 1.165) is 5.56 Å². The molecule has 24 heavy (non-hydrogen) atoms. The number of hydrogen-bond donors (Lipinski definition) is 1. The number of carbonyl (C=O) groups is 1. The molecule has 1 aliphatic heterocycles. The molecule has 4 rings (SSSR count). The zero-order valence-electron chi connectivity index (χ0n) is 12.7. The summed E-state index contributed by atoms with van der Waals surface area (Å²) in [6.07, 6.45) is 0. The van der Waals surface area contributed by atoms with Gasteiger partial charge in [-0.05, 0) is 36.8 Å². The molecule has 0 saturated carbocycles. The Morgan fingerprint density at radius 2 is 1.75 bits per heavy atom. The first-order valence-corrected chi connectivity index (χ1v) is 8.75. The zero-order chi connectivity index (χ0) is 16.9. The third-order valence-corrected chi connectivity index (χ3v) is 5.35. The second kappa shape index (κ2) is 5.07. The van der Waals surface area contributed by atoms with E-state index in [4.69, 9.17) is 4.18 Å². The van der Waals surface area contributed by atoms with Crippen molar-refractivity contribution in [1.29, 1.82) is 0 Å². The van der Waals surface area contributed by atoms with Crippen molar-refractivity contribution in [3.63, 3.8) is 0 Å². The number of rotatable bonds is 3. The summed E-state index contributed by atoms with van der Waals surface area (Å²) < 4.78 is 30.9. The summed E-state index contributed by atoms with van der Waals surface area (Å²) in [6.45, 7) is 1.78. The van der Waals surface area contributed by atoms with Crippen LogP contribution in [0.25, 0.3) is 10.8 Å². The van der Waals surface area contributed by atoms with Gasteiger partial charge in [-0.25, -0.2) is 0 Å². The molecule has 5 nitrogen and oxygen atoms in total. The van der Waals surface area contributed by atoms with Crippen LogP contribution in [0.4, 0.5) is 5.69 Å². The first-order valence-electron chi connectivity index (χ1n) is 7.34. The molecule has 1 heterocycles. The monoisotopic (exact) mass is 339 g/mol. The van der Waals surface area contributed by atoms with Crippen molar-refractivity contribution in [3.05, 3.63) is 65.7 Å². The van der Waals surface area contributed by atoms with E-state index < -0.39 is 10.1 Å². The predicted octanol–water partition coefficient (Wildman–Crippen LogP) is 3.48. The Bertz CT molecular complexity index is 1100. The average Bonchev–Trinajstić information content (AvgIpc) is 2.88. The van der Waals surface area contributed by atoms with E-state index in [1.54, 1.807) is 49.4 Å². The van der Waals surface area contributed by atoms with Gasteiger partial charge >= 0.3 is 10.1 Å². The van der Waals surface area contributed by atoms with Gasteiger partial charge in [-0.2, -0.15) is 8.42 Å². The molecule has 3 aromatic rings. The molecule has 120 valence electrons. The highest BCUT2D eigenvalue weighted by Gasteiger charge is 2.27. The van der Waals surface area contributed by atoms with Crippen molar-refractivity contribution >= 4 is 32.5 Å². The van der Waals surface area contributed by atoms with Crippen molar-refractivity contribution in [3.8, 4) is 5.75 Å². The van der Waals surface area contributed by atoms with Gasteiger partial charge < -0.3 is 9.50 Å². The molecule has 0 radical (unpaired) electrons. The van der Waals surface area contributed by atoms with Gasteiger partial charge in [-0.3, -0.25) is 4.79 Å². The van der Waals surface area contributed by atoms with Gasteiger partial charge in [-0.1, -0.05) is 30.3 Å². The number of amides is 1. The zero-order valence-corrected chi connectivity index (χ0v) is 13.6. The summed E-state index contributed by atoms with van der Waals surface area (Å²) >= 11 is 0. The number of nitrogens with one attached hydrogen (secondary N) is 1. The van der Waals surface area contributed by atoms with E-state index in [1.165, 1.54) is 6.07 Å². The van der Waals surface area contributed by atoms with E-state index >= 15 is 0 Å². The van der Waals surface area contributed by atoms with Crippen LogP contribution in [0.2, 0.25) is 0 Å². The van der Waals surface area contributed by atoms with Gasteiger partial charge in [0.25, 0.3) is 5.91 Å². The number of carbonyl (C=O) groups excluding carboxylic acids is 1. The smallest absolute Gasteiger partial charge is 0.339 e. The minimum absolute atomic E-state index is 0.0443. The van der Waals surface area contributed by atoms with Crippen LogP contribution in [0, 0.1) is 6.92 Å². The molecule has 6 heteroatoms. The van der Waals surface area contributed by atoms with Crippen LogP contribution >= 0.6 is 0 Å². The van der Waals surface area contributed by atoms with Gasteiger partial charge in [0.15, 0.2) is 0 Å². The van der Waals surface area contributed by atoms with E-state index in [1.807, 2.05) is 6.07 Å². The SMILES string of the molecule is Cc1ccccc1OS(=O)(=O)c1ccc2c3c(cccc13)C(=O)N2. The van der Waals surface area contributed by atoms with Crippen LogP contribution in [-0.2, 0) is 10.1 Å². The van der Waals surface area contributed by atoms with Gasteiger partial charge in [0.2, 0.25) is 0 Å². The maximum atomic E-state index is 12.8. The Labute approximate surface area is 139 Å². The molecular weight excluding hydrogens is 326 g/mol. The van der Waals surface area contributed by atoms with Crippen molar-refractivity contribution in [2.75, 3.05) is 5.32 Å². The lowest BCUT2D eigenvalue weighted by Crippen LogP contribution is -2.11. The molecule has 0 unspecified atom stereocenters. The number of para-hydroxylation sites is 1. The molecule has 3 aromatic carbocycles. The number of benzene rings is 3. The average molecular weight is 339 g/mol. The third kappa shape index (κ3) is 2.15. The lowest BCUT2D eigenvalue weighted by atomic mass is 10.1. The molecule has 0 spiro atoms. The highest BCUT2D eigenvalue weighted by molar-refractivity contribution is 7.87. The summed E-state index contributed by atoms with van der Waals surface area (Å²) in [5.74, 6) is 0.0555. The number of anilines is 1. The molecule has 1 aliphatic rings. The lowest BCUT2D eigenvalue weighted by Gasteiger charge is -2.11. The Morgan fingerprint density at radius 1 is 0.958 bits per heavy atom. The van der Waals surface area contributed by atoms with Crippen LogP contribution in [0.15, 0.2) is 59.5 Å². The minimum atomic E-state index is -4.02. The van der Waals surface area contributed by atoms with E-state index in [2.05, 4.69) is 5.32 Å². The Balaban J connectivity index is 1.90. The van der Waals surface area contributed by atoms with Crippen molar-refractivity contribution in [2.45, 2.75) is 11.8 Å². The number of aryl methyl sites for hydroxylation is 1. The molecule has 1 amide bonds. The molecular formula is C18H13NO4S. The second-order valence-electron chi connectivity index (χ2n) is 5.60. The molecule has 0 bridgehead atoms. The highest BCUT2D eigenvalue weighted by atomic mass is 32.2. The third-order valence-electron chi connectivity index (χ3n) is 4.06. The van der Waals surface area contributed by atoms with E-state index in [-0.39, 0.29) is 16.6 Å². The second-order valence-corrected chi connectivity index (χ2v) is 7.11. The van der Waals surface area contributed by atoms with Gasteiger partial charge in [0.1, 0.15) is 10.6 Å². The largest absolute Gasteiger partial charge is 0.379 e. The highest BCUT2D eigenvalue weighted by Crippen LogP contribution is 2.37. The van der Waals surface area contributed by atoms with Crippen LogP contribution in [-0.4, -0.2) is 14.3 Å². The van der Waals surface area contributed by atoms with Crippen LogP contribution in [0.1, 0.15) is 15.9 Å².